The summed E-state index contributed by atoms with van der Waals surface area (Å²) < 4.78 is 37.3. The quantitative estimate of drug-likeness (QED) is 0.556. The average Bonchev–Trinajstić information content (AvgIpc) is 3.41. The first-order valence-corrected chi connectivity index (χ1v) is 11.1. The van der Waals surface area contributed by atoms with Crippen LogP contribution in [0.3, 0.4) is 0 Å². The van der Waals surface area contributed by atoms with Gasteiger partial charge >= 0.3 is 5.97 Å². The van der Waals surface area contributed by atoms with Crippen LogP contribution < -0.4 is 4.90 Å². The molecule has 0 atom stereocenters. The lowest BCUT2D eigenvalue weighted by atomic mass is 10.1. The summed E-state index contributed by atoms with van der Waals surface area (Å²) in [6.07, 6.45) is 2.05. The van der Waals surface area contributed by atoms with Gasteiger partial charge < -0.3 is 14.1 Å². The fourth-order valence-corrected chi connectivity index (χ4v) is 4.40. The first-order valence-electron chi connectivity index (χ1n) is 9.69. The molecule has 0 bridgehead atoms. The van der Waals surface area contributed by atoms with Crippen LogP contribution in [0.1, 0.15) is 29.1 Å². The summed E-state index contributed by atoms with van der Waals surface area (Å²) in [4.78, 5) is 19.4. The van der Waals surface area contributed by atoms with Crippen molar-refractivity contribution in [3.63, 3.8) is 0 Å². The number of aromatic nitrogens is 1. The third-order valence-corrected chi connectivity index (χ3v) is 6.89. The second-order valence-electron chi connectivity index (χ2n) is 7.31. The van der Waals surface area contributed by atoms with E-state index in [4.69, 9.17) is 9.15 Å². The summed E-state index contributed by atoms with van der Waals surface area (Å²) in [5, 5.41) is 0. The molecule has 0 N–H and O–H groups in total. The molecule has 8 nitrogen and oxygen atoms in total. The zero-order valence-corrected chi connectivity index (χ0v) is 17.7. The van der Waals surface area contributed by atoms with Crippen LogP contribution in [0.25, 0.3) is 11.1 Å². The van der Waals surface area contributed by atoms with Gasteiger partial charge in [0, 0.05) is 27.2 Å². The Morgan fingerprint density at radius 2 is 1.90 bits per heavy atom. The predicted molar refractivity (Wildman–Crippen MR) is 112 cm³/mol. The number of fused-ring (bicyclic) bond motifs is 1. The maximum atomic E-state index is 12.9. The minimum absolute atomic E-state index is 0.0456. The van der Waals surface area contributed by atoms with Crippen molar-refractivity contribution in [3.05, 3.63) is 53.9 Å². The highest BCUT2D eigenvalue weighted by atomic mass is 32.2. The van der Waals surface area contributed by atoms with E-state index in [-0.39, 0.29) is 23.0 Å². The lowest BCUT2D eigenvalue weighted by molar-refractivity contribution is 0.0441. The van der Waals surface area contributed by atoms with Crippen LogP contribution in [0.15, 0.2) is 51.8 Å². The smallest absolute Gasteiger partial charge is 0.340 e. The number of ether oxygens (including phenoxy) is 1. The van der Waals surface area contributed by atoms with Crippen molar-refractivity contribution in [2.45, 2.75) is 24.3 Å². The number of sulfonamides is 1. The molecule has 0 radical (unpaired) electrons. The van der Waals surface area contributed by atoms with E-state index in [1.54, 1.807) is 12.1 Å². The van der Waals surface area contributed by atoms with Crippen LogP contribution in [0, 0.1) is 0 Å². The predicted octanol–water partition coefficient (Wildman–Crippen LogP) is 3.04. The minimum atomic E-state index is -3.68. The zero-order chi connectivity index (χ0) is 21.3. The van der Waals surface area contributed by atoms with Gasteiger partial charge in [-0.3, -0.25) is 0 Å². The van der Waals surface area contributed by atoms with E-state index < -0.39 is 16.0 Å². The summed E-state index contributed by atoms with van der Waals surface area (Å²) in [6.45, 7) is 1.48. The van der Waals surface area contributed by atoms with Crippen molar-refractivity contribution < 1.29 is 22.4 Å². The summed E-state index contributed by atoms with van der Waals surface area (Å²) >= 11 is 0. The van der Waals surface area contributed by atoms with Gasteiger partial charge in [0.05, 0.1) is 16.1 Å². The topological polar surface area (TPSA) is 93.0 Å². The van der Waals surface area contributed by atoms with E-state index in [1.165, 1.54) is 26.2 Å². The number of anilines is 1. The van der Waals surface area contributed by atoms with Crippen LogP contribution in [0.4, 0.5) is 5.69 Å². The molecule has 3 aromatic rings. The Morgan fingerprint density at radius 1 is 1.17 bits per heavy atom. The van der Waals surface area contributed by atoms with Gasteiger partial charge in [-0.1, -0.05) is 12.1 Å². The number of carbonyl (C=O) groups excluding carboxylic acids is 1. The lowest BCUT2D eigenvalue weighted by Crippen LogP contribution is -2.24. The molecule has 158 valence electrons. The Bertz CT molecular complexity index is 1150. The van der Waals surface area contributed by atoms with Crippen molar-refractivity contribution in [3.8, 4) is 0 Å². The highest BCUT2D eigenvalue weighted by Gasteiger charge is 2.25. The molecule has 2 aromatic carbocycles. The molecule has 1 aliphatic rings. The molecule has 2 heterocycles. The van der Waals surface area contributed by atoms with E-state index in [0.717, 1.165) is 30.2 Å². The van der Waals surface area contributed by atoms with E-state index in [9.17, 15) is 13.2 Å². The van der Waals surface area contributed by atoms with E-state index in [1.807, 2.05) is 18.2 Å². The van der Waals surface area contributed by atoms with Crippen molar-refractivity contribution in [2.24, 2.45) is 0 Å². The molecule has 1 aromatic heterocycles. The number of nitrogens with zero attached hydrogens (tertiary/aromatic N) is 3. The molecule has 0 spiro atoms. The van der Waals surface area contributed by atoms with Gasteiger partial charge in [0.1, 0.15) is 5.52 Å². The molecule has 0 saturated carbocycles. The number of carbonyl (C=O) groups is 1. The molecule has 9 heteroatoms. The number of esters is 1. The number of para-hydroxylation sites is 2. The van der Waals surface area contributed by atoms with Crippen LogP contribution in [-0.4, -0.2) is 50.9 Å². The monoisotopic (exact) mass is 429 g/mol. The summed E-state index contributed by atoms with van der Waals surface area (Å²) in [7, 11) is -0.775. The first kappa shape index (κ1) is 20.4. The van der Waals surface area contributed by atoms with Gasteiger partial charge in [-0.05, 0) is 43.2 Å². The molecule has 1 fully saturated rings. The maximum absolute atomic E-state index is 12.9. The van der Waals surface area contributed by atoms with Crippen LogP contribution in [-0.2, 0) is 21.4 Å². The number of hydrogen-bond acceptors (Lipinski definition) is 7. The average molecular weight is 429 g/mol. The van der Waals surface area contributed by atoms with Gasteiger partial charge in [0.2, 0.25) is 15.9 Å². The number of oxazole rings is 1. The minimum Gasteiger partial charge on any atom is -0.452 e. The van der Waals surface area contributed by atoms with Crippen molar-refractivity contribution >= 4 is 32.8 Å². The summed E-state index contributed by atoms with van der Waals surface area (Å²) in [6, 6.07) is 11.9. The number of rotatable bonds is 6. The van der Waals surface area contributed by atoms with Crippen LogP contribution in [0.2, 0.25) is 0 Å². The second kappa shape index (κ2) is 8.08. The Morgan fingerprint density at radius 3 is 2.60 bits per heavy atom. The Kier molecular flexibility index (Phi) is 5.48. The SMILES string of the molecule is CN(C)S(=O)(=O)c1ccc(N2CCCC2)c(C(=O)OCc2nc3ccccc3o2)c1. The van der Waals surface area contributed by atoms with Gasteiger partial charge in [0.15, 0.2) is 12.2 Å². The van der Waals surface area contributed by atoms with Crippen LogP contribution >= 0.6 is 0 Å². The van der Waals surface area contributed by atoms with Crippen molar-refractivity contribution in [1.29, 1.82) is 0 Å². The normalized spacial score (nSPS) is 14.6. The maximum Gasteiger partial charge on any atom is 0.340 e. The molecule has 0 aliphatic carbocycles. The molecule has 4 rings (SSSR count). The Hall–Kier alpha value is -2.91. The zero-order valence-electron chi connectivity index (χ0n) is 16.9. The second-order valence-corrected chi connectivity index (χ2v) is 9.46. The molecule has 0 unspecified atom stereocenters. The summed E-state index contributed by atoms with van der Waals surface area (Å²) in [5.41, 5.74) is 2.18. The van der Waals surface area contributed by atoms with Crippen molar-refractivity contribution in [2.75, 3.05) is 32.1 Å². The largest absolute Gasteiger partial charge is 0.452 e. The highest BCUT2D eigenvalue weighted by Crippen LogP contribution is 2.29. The molecule has 1 saturated heterocycles. The molecular formula is C21H23N3O5S. The Labute approximate surface area is 175 Å². The molecule has 0 amide bonds. The number of benzene rings is 2. The van der Waals surface area contributed by atoms with Crippen molar-refractivity contribution in [1.82, 2.24) is 9.29 Å². The Balaban J connectivity index is 1.63. The van der Waals surface area contributed by atoms with Gasteiger partial charge in [-0.15, -0.1) is 0 Å². The van der Waals surface area contributed by atoms with E-state index in [0.29, 0.717) is 16.8 Å². The fourth-order valence-electron chi connectivity index (χ4n) is 3.47. The molecular weight excluding hydrogens is 406 g/mol. The van der Waals surface area contributed by atoms with Gasteiger partial charge in [-0.25, -0.2) is 22.5 Å². The summed E-state index contributed by atoms with van der Waals surface area (Å²) in [5.74, 6) is -0.334. The fraction of sp³-hybridized carbons (Fsp3) is 0.333. The van der Waals surface area contributed by atoms with E-state index >= 15 is 0 Å². The van der Waals surface area contributed by atoms with E-state index in [2.05, 4.69) is 9.88 Å². The van der Waals surface area contributed by atoms with Gasteiger partial charge in [-0.2, -0.15) is 0 Å². The standard InChI is InChI=1S/C21H23N3O5S/c1-23(2)30(26,27)15-9-10-18(24-11-5-6-12-24)16(13-15)21(25)28-14-20-22-17-7-3-4-8-19(17)29-20/h3-4,7-10,13H,5-6,11-12,14H2,1-2H3. The molecule has 1 aliphatic heterocycles. The first-order chi connectivity index (χ1) is 14.4. The van der Waals surface area contributed by atoms with Gasteiger partial charge in [0.25, 0.3) is 0 Å². The van der Waals surface area contributed by atoms with Crippen LogP contribution in [0.5, 0.6) is 0 Å². The lowest BCUT2D eigenvalue weighted by Gasteiger charge is -2.22. The third-order valence-electron chi connectivity index (χ3n) is 5.08. The third kappa shape index (κ3) is 3.90. The highest BCUT2D eigenvalue weighted by molar-refractivity contribution is 7.89. The molecule has 30 heavy (non-hydrogen) atoms. The number of hydrogen-bond donors (Lipinski definition) is 0.